The summed E-state index contributed by atoms with van der Waals surface area (Å²) in [5.74, 6) is -1.30. The Labute approximate surface area is 214 Å². The second kappa shape index (κ2) is 9.75. The number of amides is 1. The molecule has 1 saturated heterocycles. The van der Waals surface area contributed by atoms with Crippen LogP contribution in [0.3, 0.4) is 0 Å². The zero-order valence-electron chi connectivity index (χ0n) is 18.1. The van der Waals surface area contributed by atoms with Crippen molar-refractivity contribution in [2.75, 3.05) is 5.75 Å². The van der Waals surface area contributed by atoms with Gasteiger partial charge in [0.15, 0.2) is 5.17 Å². The highest BCUT2D eigenvalue weighted by molar-refractivity contribution is 8.15. The summed E-state index contributed by atoms with van der Waals surface area (Å²) in [5, 5.41) is 0.541. The molecule has 1 aliphatic heterocycles. The first kappa shape index (κ1) is 26.0. The topological polar surface area (TPSA) is 76.7 Å². The lowest BCUT2D eigenvalue weighted by Crippen LogP contribution is -2.41. The number of benzene rings is 2. The molecule has 2 heterocycles. The van der Waals surface area contributed by atoms with E-state index < -0.39 is 34.6 Å². The molecule has 0 radical (unpaired) electrons. The number of thioether (sulfide) groups is 1. The average molecular weight is 561 g/mol. The van der Waals surface area contributed by atoms with Gasteiger partial charge in [-0.1, -0.05) is 47.1 Å². The van der Waals surface area contributed by atoms with Crippen molar-refractivity contribution in [2.45, 2.75) is 12.7 Å². The fourth-order valence-corrected chi connectivity index (χ4v) is 4.63. The molecule has 1 aromatic heterocycles. The van der Waals surface area contributed by atoms with E-state index in [9.17, 15) is 31.9 Å². The van der Waals surface area contributed by atoms with Gasteiger partial charge in [0.05, 0.1) is 28.7 Å². The second-order valence-electron chi connectivity index (χ2n) is 7.59. The van der Waals surface area contributed by atoms with Crippen LogP contribution in [0.2, 0.25) is 10.0 Å². The number of amidine groups is 1. The van der Waals surface area contributed by atoms with Crippen molar-refractivity contribution in [2.24, 2.45) is 12.0 Å². The molecular formula is C22H14Cl2F4N4O3S. The molecule has 1 fully saturated rings. The van der Waals surface area contributed by atoms with Gasteiger partial charge in [-0.3, -0.25) is 19.1 Å². The van der Waals surface area contributed by atoms with Crippen molar-refractivity contribution < 1.29 is 22.4 Å². The monoisotopic (exact) mass is 560 g/mol. The van der Waals surface area contributed by atoms with Crippen LogP contribution >= 0.6 is 35.0 Å². The minimum absolute atomic E-state index is 0.0804. The normalized spacial score (nSPS) is 15.2. The number of carbonyl (C=O) groups is 1. The van der Waals surface area contributed by atoms with Gasteiger partial charge in [-0.05, 0) is 29.8 Å². The lowest BCUT2D eigenvalue weighted by Gasteiger charge is -2.17. The lowest BCUT2D eigenvalue weighted by molar-refractivity contribution is -0.144. The van der Waals surface area contributed by atoms with E-state index in [0.29, 0.717) is 5.02 Å². The molecule has 14 heteroatoms. The molecule has 0 aliphatic carbocycles. The molecule has 188 valence electrons. The molecule has 1 aliphatic rings. The first-order valence-electron chi connectivity index (χ1n) is 10.0. The molecule has 2 aromatic carbocycles. The Kier molecular flexibility index (Phi) is 7.04. The standard InChI is InChI=1S/C22H14Cl2F4N4O3S/c1-30-17(22(26,27)28)8-18(33)32(21(30)35)16-7-15(13(24)6-14(16)25)29-20-31(19(34)10-36-20)9-11-2-4-12(23)5-3-11/h2-8H,9-10H2,1H3/b29-20-. The average Bonchev–Trinajstić information content (AvgIpc) is 3.13. The van der Waals surface area contributed by atoms with Gasteiger partial charge in [-0.15, -0.1) is 0 Å². The third kappa shape index (κ3) is 5.06. The fraction of sp³-hybridized carbons (Fsp3) is 0.182. The van der Waals surface area contributed by atoms with E-state index >= 15 is 0 Å². The Bertz CT molecular complexity index is 1520. The molecule has 0 atom stereocenters. The molecule has 7 nitrogen and oxygen atoms in total. The van der Waals surface area contributed by atoms with Crippen molar-refractivity contribution >= 4 is 51.7 Å². The Hall–Kier alpha value is -3.09. The summed E-state index contributed by atoms with van der Waals surface area (Å²) >= 11 is 13.1. The number of halogens is 6. The highest BCUT2D eigenvalue weighted by Gasteiger charge is 2.35. The molecule has 0 bridgehead atoms. The van der Waals surface area contributed by atoms with Gasteiger partial charge >= 0.3 is 11.9 Å². The van der Waals surface area contributed by atoms with Crippen LogP contribution in [-0.2, 0) is 24.6 Å². The molecule has 36 heavy (non-hydrogen) atoms. The molecule has 4 rings (SSSR count). The number of rotatable bonds is 4. The third-order valence-electron chi connectivity index (χ3n) is 5.19. The highest BCUT2D eigenvalue weighted by Crippen LogP contribution is 2.33. The molecule has 3 aromatic rings. The molecule has 0 spiro atoms. The largest absolute Gasteiger partial charge is 0.431 e. The van der Waals surface area contributed by atoms with Gasteiger partial charge in [-0.25, -0.2) is 18.7 Å². The van der Waals surface area contributed by atoms with E-state index in [1.165, 1.54) is 4.90 Å². The summed E-state index contributed by atoms with van der Waals surface area (Å²) in [7, 11) is 0.811. The van der Waals surface area contributed by atoms with E-state index in [1.807, 2.05) is 0 Å². The predicted octanol–water partition coefficient (Wildman–Crippen LogP) is 4.76. The van der Waals surface area contributed by atoms with E-state index in [1.54, 1.807) is 24.3 Å². The number of alkyl halides is 3. The first-order chi connectivity index (χ1) is 16.9. The summed E-state index contributed by atoms with van der Waals surface area (Å²) < 4.78 is 54.7. The Morgan fingerprint density at radius 2 is 1.72 bits per heavy atom. The first-order valence-corrected chi connectivity index (χ1v) is 11.8. The number of carbonyl (C=O) groups excluding carboxylic acids is 1. The van der Waals surface area contributed by atoms with Gasteiger partial charge in [0, 0.05) is 18.1 Å². The van der Waals surface area contributed by atoms with Crippen molar-refractivity contribution in [1.29, 1.82) is 0 Å². The van der Waals surface area contributed by atoms with Crippen LogP contribution in [0.25, 0.3) is 5.69 Å². The quantitative estimate of drug-likeness (QED) is 0.431. The van der Waals surface area contributed by atoms with Crippen molar-refractivity contribution in [3.05, 3.63) is 90.4 Å². The van der Waals surface area contributed by atoms with Gasteiger partial charge in [0.1, 0.15) is 11.5 Å². The SMILES string of the molecule is Cn1c(C(F)(F)F)cc(=O)n(-c2cc(/N=C3\SCC(=O)N3Cc3ccc(Cl)cc3)c(Cl)cc2F)c1=O. The maximum absolute atomic E-state index is 14.8. The Morgan fingerprint density at radius 1 is 1.06 bits per heavy atom. The predicted molar refractivity (Wildman–Crippen MR) is 129 cm³/mol. The van der Waals surface area contributed by atoms with E-state index in [2.05, 4.69) is 4.99 Å². The van der Waals surface area contributed by atoms with Crippen LogP contribution in [0.1, 0.15) is 11.3 Å². The molecular weight excluding hydrogens is 547 g/mol. The maximum atomic E-state index is 14.8. The summed E-state index contributed by atoms with van der Waals surface area (Å²) in [5.41, 5.74) is -4.27. The Morgan fingerprint density at radius 3 is 2.36 bits per heavy atom. The van der Waals surface area contributed by atoms with Crippen LogP contribution in [0, 0.1) is 5.82 Å². The number of aromatic nitrogens is 2. The van der Waals surface area contributed by atoms with Gasteiger partial charge in [-0.2, -0.15) is 13.2 Å². The van der Waals surface area contributed by atoms with E-state index in [4.69, 9.17) is 23.2 Å². The van der Waals surface area contributed by atoms with Crippen molar-refractivity contribution in [1.82, 2.24) is 14.0 Å². The fourth-order valence-electron chi connectivity index (χ4n) is 3.42. The highest BCUT2D eigenvalue weighted by atomic mass is 35.5. The third-order valence-corrected chi connectivity index (χ3v) is 6.71. The molecule has 0 unspecified atom stereocenters. The zero-order chi connectivity index (χ0) is 26.4. The second-order valence-corrected chi connectivity index (χ2v) is 9.37. The Balaban J connectivity index is 1.79. The summed E-state index contributed by atoms with van der Waals surface area (Å²) in [6.07, 6.45) is -4.97. The summed E-state index contributed by atoms with van der Waals surface area (Å²) in [6.45, 7) is 0.159. The van der Waals surface area contributed by atoms with E-state index in [0.717, 1.165) is 36.5 Å². The van der Waals surface area contributed by atoms with Crippen LogP contribution < -0.4 is 11.2 Å². The summed E-state index contributed by atoms with van der Waals surface area (Å²) in [4.78, 5) is 43.2. The molecule has 0 saturated carbocycles. The van der Waals surface area contributed by atoms with Gasteiger partial charge < -0.3 is 0 Å². The minimum Gasteiger partial charge on any atom is -0.292 e. The smallest absolute Gasteiger partial charge is 0.292 e. The number of hydrogen-bond acceptors (Lipinski definition) is 5. The minimum atomic E-state index is -4.97. The number of aliphatic imine (C=N–C) groups is 1. The van der Waals surface area contributed by atoms with Crippen LogP contribution in [0.4, 0.5) is 23.2 Å². The molecule has 0 N–H and O–H groups in total. The van der Waals surface area contributed by atoms with E-state index in [-0.39, 0.29) is 49.3 Å². The van der Waals surface area contributed by atoms with Gasteiger partial charge in [0.25, 0.3) is 5.56 Å². The number of hydrogen-bond donors (Lipinski definition) is 0. The van der Waals surface area contributed by atoms with Crippen LogP contribution in [0.5, 0.6) is 0 Å². The molecule has 1 amide bonds. The van der Waals surface area contributed by atoms with Crippen molar-refractivity contribution in [3.63, 3.8) is 0 Å². The van der Waals surface area contributed by atoms with Crippen LogP contribution in [0.15, 0.2) is 57.0 Å². The summed E-state index contributed by atoms with van der Waals surface area (Å²) in [6, 6.07) is 8.72. The number of nitrogens with zero attached hydrogens (tertiary/aromatic N) is 4. The van der Waals surface area contributed by atoms with Crippen LogP contribution in [-0.4, -0.2) is 30.9 Å². The van der Waals surface area contributed by atoms with Gasteiger partial charge in [0.2, 0.25) is 5.91 Å². The lowest BCUT2D eigenvalue weighted by atomic mass is 10.2. The zero-order valence-corrected chi connectivity index (χ0v) is 20.5. The van der Waals surface area contributed by atoms with Crippen molar-refractivity contribution in [3.8, 4) is 5.69 Å². The maximum Gasteiger partial charge on any atom is 0.431 e.